The van der Waals surface area contributed by atoms with Gasteiger partial charge >= 0.3 is 0 Å². The van der Waals surface area contributed by atoms with Gasteiger partial charge in [0.2, 0.25) is 5.91 Å². The van der Waals surface area contributed by atoms with Crippen LogP contribution in [0.2, 0.25) is 0 Å². The van der Waals surface area contributed by atoms with Crippen LogP contribution >= 0.6 is 11.3 Å². The van der Waals surface area contributed by atoms with Gasteiger partial charge in [-0.25, -0.2) is 8.78 Å². The van der Waals surface area contributed by atoms with E-state index in [0.29, 0.717) is 22.9 Å². The Kier molecular flexibility index (Phi) is 5.94. The average Bonchev–Trinajstić information content (AvgIpc) is 3.15. The summed E-state index contributed by atoms with van der Waals surface area (Å²) in [5.41, 5.74) is 1.23. The quantitative estimate of drug-likeness (QED) is 0.648. The van der Waals surface area contributed by atoms with Crippen LogP contribution in [-0.4, -0.2) is 62.1 Å². The predicted molar refractivity (Wildman–Crippen MR) is 115 cm³/mol. The molecule has 3 aromatic rings. The fraction of sp³-hybridized carbons (Fsp3) is 0.476. The van der Waals surface area contributed by atoms with Gasteiger partial charge in [-0.05, 0) is 30.9 Å². The zero-order valence-corrected chi connectivity index (χ0v) is 18.4. The Hall–Kier alpha value is -2.59. The molecule has 1 aliphatic rings. The van der Waals surface area contributed by atoms with Gasteiger partial charge in [-0.1, -0.05) is 25.2 Å². The molecule has 0 aliphatic carbocycles. The maximum absolute atomic E-state index is 14.5. The molecule has 4 rings (SSSR count). The number of fused-ring (bicyclic) bond motifs is 1. The molecule has 10 heteroatoms. The number of carbonyl (C=O) groups is 1. The van der Waals surface area contributed by atoms with Crippen LogP contribution in [0.3, 0.4) is 0 Å². The van der Waals surface area contributed by atoms with Gasteiger partial charge in [0.05, 0.1) is 24.7 Å². The van der Waals surface area contributed by atoms with Gasteiger partial charge in [-0.2, -0.15) is 0 Å². The van der Waals surface area contributed by atoms with E-state index >= 15 is 0 Å². The molecule has 0 aromatic carbocycles. The minimum Gasteiger partial charge on any atom is -0.336 e. The van der Waals surface area contributed by atoms with Crippen molar-refractivity contribution < 1.29 is 13.6 Å². The molecule has 1 fully saturated rings. The summed E-state index contributed by atoms with van der Waals surface area (Å²) in [6.45, 7) is 5.28. The molecule has 1 amide bonds. The highest BCUT2D eigenvalue weighted by Gasteiger charge is 2.45. The molecule has 0 bridgehead atoms. The minimum absolute atomic E-state index is 0.0239. The van der Waals surface area contributed by atoms with E-state index < -0.39 is 18.5 Å². The normalized spacial score (nSPS) is 18.6. The molecule has 164 valence electrons. The fourth-order valence-electron chi connectivity index (χ4n) is 3.72. The third kappa shape index (κ3) is 4.85. The number of halogens is 2. The number of nitrogens with zero attached hydrogens (tertiary/aromatic N) is 5. The molecule has 4 heterocycles. The molecule has 7 nitrogen and oxygen atoms in total. The van der Waals surface area contributed by atoms with Crippen LogP contribution in [0.4, 0.5) is 8.78 Å². The molecule has 3 aromatic heterocycles. The largest absolute Gasteiger partial charge is 0.336 e. The molecule has 1 atom stereocenters. The number of alkyl halides is 2. The first kappa shape index (κ1) is 21.6. The van der Waals surface area contributed by atoms with Crippen molar-refractivity contribution in [1.29, 1.82) is 0 Å². The first-order valence-electron chi connectivity index (χ1n) is 10.2. The topological polar surface area (TPSA) is 83.9 Å². The van der Waals surface area contributed by atoms with E-state index in [0.717, 1.165) is 15.8 Å². The summed E-state index contributed by atoms with van der Waals surface area (Å²) in [7, 11) is 0. The molecular weight excluding hydrogens is 422 g/mol. The average molecular weight is 447 g/mol. The van der Waals surface area contributed by atoms with Crippen LogP contribution in [0.1, 0.15) is 31.0 Å². The zero-order chi connectivity index (χ0) is 22.2. The number of hydrogen-bond acceptors (Lipinski definition) is 7. The van der Waals surface area contributed by atoms with E-state index in [1.165, 1.54) is 16.2 Å². The molecule has 1 aliphatic heterocycles. The number of hydrogen-bond donors (Lipinski definition) is 1. The van der Waals surface area contributed by atoms with E-state index in [1.807, 2.05) is 26.8 Å². The number of pyridine rings is 2. The van der Waals surface area contributed by atoms with Crippen LogP contribution in [0, 0.1) is 6.92 Å². The second kappa shape index (κ2) is 8.51. The highest BCUT2D eigenvalue weighted by Crippen LogP contribution is 2.29. The maximum atomic E-state index is 14.5. The van der Waals surface area contributed by atoms with Crippen LogP contribution < -0.4 is 5.32 Å². The van der Waals surface area contributed by atoms with Gasteiger partial charge < -0.3 is 10.2 Å². The highest BCUT2D eigenvalue weighted by atomic mass is 32.1. The van der Waals surface area contributed by atoms with Gasteiger partial charge in [0.15, 0.2) is 5.01 Å². The van der Waals surface area contributed by atoms with E-state index in [2.05, 4.69) is 25.5 Å². The number of carbonyl (C=O) groups excluding carboxylic acids is 1. The Bertz CT molecular complexity index is 1100. The van der Waals surface area contributed by atoms with Crippen LogP contribution in [0.25, 0.3) is 21.5 Å². The summed E-state index contributed by atoms with van der Waals surface area (Å²) >= 11 is 1.45. The van der Waals surface area contributed by atoms with Gasteiger partial charge in [0.25, 0.3) is 5.92 Å². The summed E-state index contributed by atoms with van der Waals surface area (Å²) in [5.74, 6) is -3.31. The van der Waals surface area contributed by atoms with Crippen molar-refractivity contribution in [1.82, 2.24) is 30.4 Å². The third-order valence-electron chi connectivity index (χ3n) is 5.22. The Morgan fingerprint density at radius 2 is 2.03 bits per heavy atom. The van der Waals surface area contributed by atoms with Crippen molar-refractivity contribution in [2.24, 2.45) is 0 Å². The van der Waals surface area contributed by atoms with Gasteiger partial charge in [-0.15, -0.1) is 10.2 Å². The summed E-state index contributed by atoms with van der Waals surface area (Å²) in [4.78, 5) is 22.7. The zero-order valence-electron chi connectivity index (χ0n) is 17.6. The standard InChI is InChI=1S/C21H24F2N6OS/c1-12(2)26-18-4-5-29(11-21(18,22)23)19(30)8-16-6-14-7-17(20-28-27-13(3)31-20)25-10-15(14)9-24-16/h6-7,9-10,12,18,26H,4-5,8,11H2,1-3H3. The van der Waals surface area contributed by atoms with E-state index in [4.69, 9.17) is 0 Å². The van der Waals surface area contributed by atoms with Crippen molar-refractivity contribution in [3.05, 3.63) is 35.2 Å². The number of piperidine rings is 1. The summed E-state index contributed by atoms with van der Waals surface area (Å²) < 4.78 is 29.0. The number of nitrogens with one attached hydrogen (secondary N) is 1. The first-order chi connectivity index (χ1) is 14.7. The first-order valence-corrected chi connectivity index (χ1v) is 11.0. The predicted octanol–water partition coefficient (Wildman–Crippen LogP) is 3.23. The van der Waals surface area contributed by atoms with Gasteiger partial charge in [-0.3, -0.25) is 14.8 Å². The summed E-state index contributed by atoms with van der Waals surface area (Å²) in [6, 6.07) is 2.73. The van der Waals surface area contributed by atoms with E-state index in [-0.39, 0.29) is 24.8 Å². The smallest absolute Gasteiger partial charge is 0.280 e. The number of rotatable bonds is 5. The molecule has 1 N–H and O–H groups in total. The summed E-state index contributed by atoms with van der Waals surface area (Å²) in [5, 5.41) is 14.3. The third-order valence-corrected chi connectivity index (χ3v) is 6.08. The fourth-order valence-corrected chi connectivity index (χ4v) is 4.38. The van der Waals surface area contributed by atoms with Crippen molar-refractivity contribution in [3.63, 3.8) is 0 Å². The van der Waals surface area contributed by atoms with Crippen molar-refractivity contribution >= 4 is 28.0 Å². The second-order valence-electron chi connectivity index (χ2n) is 8.13. The van der Waals surface area contributed by atoms with E-state index in [1.54, 1.807) is 18.5 Å². The van der Waals surface area contributed by atoms with Crippen molar-refractivity contribution in [2.75, 3.05) is 13.1 Å². The Labute approximate surface area is 182 Å². The molecule has 0 saturated carbocycles. The van der Waals surface area contributed by atoms with Crippen LogP contribution in [0.15, 0.2) is 24.5 Å². The Balaban J connectivity index is 1.48. The Morgan fingerprint density at radius 3 is 2.71 bits per heavy atom. The molecule has 31 heavy (non-hydrogen) atoms. The second-order valence-corrected chi connectivity index (χ2v) is 9.32. The lowest BCUT2D eigenvalue weighted by molar-refractivity contribution is -0.145. The molecule has 0 spiro atoms. The van der Waals surface area contributed by atoms with Crippen LogP contribution in [0.5, 0.6) is 0 Å². The minimum atomic E-state index is -2.96. The van der Waals surface area contributed by atoms with Crippen molar-refractivity contribution in [2.45, 2.75) is 51.6 Å². The molecular formula is C21H24F2N6OS. The lowest BCUT2D eigenvalue weighted by atomic mass is 9.99. The van der Waals surface area contributed by atoms with Gasteiger partial charge in [0.1, 0.15) is 10.7 Å². The number of likely N-dealkylation sites (tertiary alicyclic amines) is 1. The Morgan fingerprint density at radius 1 is 1.26 bits per heavy atom. The van der Waals surface area contributed by atoms with Crippen molar-refractivity contribution in [3.8, 4) is 10.7 Å². The monoisotopic (exact) mass is 446 g/mol. The highest BCUT2D eigenvalue weighted by molar-refractivity contribution is 7.14. The molecule has 1 saturated heterocycles. The molecule has 0 radical (unpaired) electrons. The number of aromatic nitrogens is 4. The lowest BCUT2D eigenvalue weighted by Gasteiger charge is -2.39. The van der Waals surface area contributed by atoms with Crippen LogP contribution in [-0.2, 0) is 11.2 Å². The van der Waals surface area contributed by atoms with Gasteiger partial charge in [0, 0.05) is 30.4 Å². The number of aryl methyl sites for hydroxylation is 1. The maximum Gasteiger partial charge on any atom is 0.280 e. The summed E-state index contributed by atoms with van der Waals surface area (Å²) in [6.07, 6.45) is 3.54. The molecule has 1 unspecified atom stereocenters. The number of amides is 1. The SMILES string of the molecule is Cc1nnc(-c2cc3cc(CC(=O)N4CCC(NC(C)C)C(F)(F)C4)ncc3cn2)s1. The lowest BCUT2D eigenvalue weighted by Crippen LogP contribution is -2.59. The van der Waals surface area contributed by atoms with E-state index in [9.17, 15) is 13.6 Å².